The fourth-order valence-electron chi connectivity index (χ4n) is 4.12. The Morgan fingerprint density at radius 3 is 2.55 bits per heavy atom. The molecule has 0 aliphatic carbocycles. The Hall–Kier alpha value is -3.13. The number of benzene rings is 2. The molecule has 1 fully saturated rings. The van der Waals surface area contributed by atoms with Gasteiger partial charge in [0.1, 0.15) is 11.9 Å². The molecule has 8 nitrogen and oxygen atoms in total. The zero-order chi connectivity index (χ0) is 21.8. The number of ether oxygens (including phenoxy) is 1. The maximum absolute atomic E-state index is 12.0. The highest BCUT2D eigenvalue weighted by Crippen LogP contribution is 2.30. The normalized spacial score (nSPS) is 14.8. The molecule has 1 aliphatic heterocycles. The first-order valence-electron chi connectivity index (χ1n) is 10.7. The first kappa shape index (κ1) is 21.1. The Morgan fingerprint density at radius 2 is 1.77 bits per heavy atom. The Balaban J connectivity index is 1.30. The molecule has 0 N–H and O–H groups in total. The van der Waals surface area contributed by atoms with Crippen LogP contribution in [0.5, 0.6) is 5.75 Å². The molecule has 0 bridgehead atoms. The van der Waals surface area contributed by atoms with Crippen molar-refractivity contribution in [1.29, 1.82) is 0 Å². The van der Waals surface area contributed by atoms with Gasteiger partial charge in [0.25, 0.3) is 5.56 Å². The second kappa shape index (κ2) is 9.34. The number of hydrogen-bond donors (Lipinski definition) is 0. The lowest BCUT2D eigenvalue weighted by atomic mass is 10.1. The van der Waals surface area contributed by atoms with E-state index in [9.17, 15) is 9.59 Å². The van der Waals surface area contributed by atoms with Gasteiger partial charge < -0.3 is 9.64 Å². The maximum Gasteiger partial charge on any atom is 0.347 e. The Morgan fingerprint density at radius 1 is 1.00 bits per heavy atom. The number of nitrogens with zero attached hydrogens (tertiary/aromatic N) is 5. The SMILES string of the molecule is Cn1c(=O)cnn(CCCCN2CCN(c3cccc4ccc(O[11CH3])cc34)CC2)c1=O. The van der Waals surface area contributed by atoms with Gasteiger partial charge in [-0.15, -0.1) is 0 Å². The van der Waals surface area contributed by atoms with E-state index in [4.69, 9.17) is 4.74 Å². The highest BCUT2D eigenvalue weighted by Gasteiger charge is 2.18. The molecule has 31 heavy (non-hydrogen) atoms. The number of methoxy groups -OCH3 is 1. The van der Waals surface area contributed by atoms with Crippen LogP contribution < -0.4 is 20.9 Å². The molecule has 0 spiro atoms. The second-order valence-corrected chi connectivity index (χ2v) is 7.95. The van der Waals surface area contributed by atoms with Crippen molar-refractivity contribution >= 4 is 16.5 Å². The molecule has 0 unspecified atom stereocenters. The summed E-state index contributed by atoms with van der Waals surface area (Å²) in [4.78, 5) is 28.4. The summed E-state index contributed by atoms with van der Waals surface area (Å²) in [5.41, 5.74) is 0.535. The van der Waals surface area contributed by atoms with Crippen LogP contribution in [0.3, 0.4) is 0 Å². The van der Waals surface area contributed by atoms with E-state index < -0.39 is 0 Å². The fraction of sp³-hybridized carbons (Fsp3) is 0.435. The molecule has 1 aromatic heterocycles. The minimum Gasteiger partial charge on any atom is -0.497 e. The highest BCUT2D eigenvalue weighted by atomic mass is 16.4. The van der Waals surface area contributed by atoms with Gasteiger partial charge in [-0.2, -0.15) is 5.10 Å². The van der Waals surface area contributed by atoms with Crippen molar-refractivity contribution in [3.63, 3.8) is 0 Å². The van der Waals surface area contributed by atoms with Crippen LogP contribution in [0.25, 0.3) is 10.8 Å². The van der Waals surface area contributed by atoms with Crippen molar-refractivity contribution in [2.75, 3.05) is 44.7 Å². The largest absolute Gasteiger partial charge is 0.497 e. The van der Waals surface area contributed by atoms with Crippen molar-refractivity contribution in [2.24, 2.45) is 7.05 Å². The van der Waals surface area contributed by atoms with Crippen molar-refractivity contribution < 1.29 is 4.74 Å². The van der Waals surface area contributed by atoms with Crippen LogP contribution in [-0.2, 0) is 13.6 Å². The topological polar surface area (TPSA) is 72.6 Å². The van der Waals surface area contributed by atoms with Crippen LogP contribution in [0.4, 0.5) is 5.69 Å². The van der Waals surface area contributed by atoms with Gasteiger partial charge in [-0.25, -0.2) is 9.48 Å². The van der Waals surface area contributed by atoms with E-state index in [-0.39, 0.29) is 11.2 Å². The van der Waals surface area contributed by atoms with Crippen molar-refractivity contribution in [2.45, 2.75) is 19.4 Å². The van der Waals surface area contributed by atoms with Crippen LogP contribution >= 0.6 is 0 Å². The van der Waals surface area contributed by atoms with E-state index >= 15 is 0 Å². The first-order valence-corrected chi connectivity index (χ1v) is 10.7. The summed E-state index contributed by atoms with van der Waals surface area (Å²) in [7, 11) is 3.18. The highest BCUT2D eigenvalue weighted by molar-refractivity contribution is 5.95. The summed E-state index contributed by atoms with van der Waals surface area (Å²) in [5.74, 6) is 0.880. The third-order valence-electron chi connectivity index (χ3n) is 6.02. The van der Waals surface area contributed by atoms with Gasteiger partial charge in [0.05, 0.1) is 7.11 Å². The van der Waals surface area contributed by atoms with E-state index in [1.165, 1.54) is 34.4 Å². The number of hydrogen-bond acceptors (Lipinski definition) is 6. The Kier molecular flexibility index (Phi) is 6.36. The molecule has 3 aromatic rings. The summed E-state index contributed by atoms with van der Waals surface area (Å²) in [6.07, 6.45) is 3.04. The van der Waals surface area contributed by atoms with Gasteiger partial charge in [0.15, 0.2) is 0 Å². The molecule has 4 rings (SSSR count). The van der Waals surface area contributed by atoms with Crippen molar-refractivity contribution in [3.8, 4) is 5.75 Å². The Labute approximate surface area is 181 Å². The second-order valence-electron chi connectivity index (χ2n) is 7.95. The zero-order valence-corrected chi connectivity index (χ0v) is 18.2. The van der Waals surface area contributed by atoms with Gasteiger partial charge in [-0.1, -0.05) is 18.2 Å². The summed E-state index contributed by atoms with van der Waals surface area (Å²) >= 11 is 0. The monoisotopic (exact) mass is 422 g/mol. The number of aromatic nitrogens is 3. The van der Waals surface area contributed by atoms with Crippen LogP contribution in [0.2, 0.25) is 0 Å². The molecule has 164 valence electrons. The minimum absolute atomic E-state index is 0.354. The molecule has 1 aliphatic rings. The molecule has 1 saturated heterocycles. The molecule has 2 heterocycles. The molecule has 0 atom stereocenters. The average molecular weight is 423 g/mol. The van der Waals surface area contributed by atoms with Crippen LogP contribution in [-0.4, -0.2) is 59.1 Å². The minimum atomic E-state index is -0.372. The predicted octanol–water partition coefficient (Wildman–Crippen LogP) is 1.71. The van der Waals surface area contributed by atoms with Crippen molar-refractivity contribution in [1.82, 2.24) is 19.2 Å². The molecule has 8 heteroatoms. The molecular weight excluding hydrogens is 393 g/mol. The predicted molar refractivity (Wildman–Crippen MR) is 122 cm³/mol. The third-order valence-corrected chi connectivity index (χ3v) is 6.02. The standard InChI is InChI=1S/C23H29N5O3/c1-25-22(29)17-24-28(23(25)30)11-4-3-10-26-12-14-27(15-13-26)21-7-5-6-18-8-9-19(31-2)16-20(18)21/h5-9,16-17H,3-4,10-15H2,1-2H3/i2-1. The van der Waals surface area contributed by atoms with E-state index in [1.54, 1.807) is 7.11 Å². The van der Waals surface area contributed by atoms with E-state index in [1.807, 2.05) is 6.07 Å². The molecule has 0 radical (unpaired) electrons. The molecular formula is C23H29N5O3. The average Bonchev–Trinajstić information content (AvgIpc) is 2.81. The molecule has 2 aromatic carbocycles. The summed E-state index contributed by atoms with van der Waals surface area (Å²) < 4.78 is 7.88. The lowest BCUT2D eigenvalue weighted by Crippen LogP contribution is -2.46. The van der Waals surface area contributed by atoms with Gasteiger partial charge in [0.2, 0.25) is 0 Å². The van der Waals surface area contributed by atoms with E-state index in [0.29, 0.717) is 6.54 Å². The fourth-order valence-corrected chi connectivity index (χ4v) is 4.12. The summed E-state index contributed by atoms with van der Waals surface area (Å²) in [6.45, 7) is 5.52. The van der Waals surface area contributed by atoms with Crippen LogP contribution in [0.1, 0.15) is 12.8 Å². The van der Waals surface area contributed by atoms with Gasteiger partial charge >= 0.3 is 5.69 Å². The number of rotatable bonds is 7. The quantitative estimate of drug-likeness (QED) is 0.540. The lowest BCUT2D eigenvalue weighted by molar-refractivity contribution is 0.250. The molecule has 0 saturated carbocycles. The van der Waals surface area contributed by atoms with Gasteiger partial charge in [-0.3, -0.25) is 14.3 Å². The van der Waals surface area contributed by atoms with Gasteiger partial charge in [-0.05, 0) is 43.0 Å². The first-order chi connectivity index (χ1) is 15.1. The number of unbranched alkanes of at least 4 members (excludes halogenated alkanes) is 1. The van der Waals surface area contributed by atoms with Crippen LogP contribution in [0, 0.1) is 0 Å². The number of fused-ring (bicyclic) bond motifs is 1. The smallest absolute Gasteiger partial charge is 0.347 e. The number of anilines is 1. The zero-order valence-electron chi connectivity index (χ0n) is 18.2. The maximum atomic E-state index is 12.0. The summed E-state index contributed by atoms with van der Waals surface area (Å²) in [6, 6.07) is 12.7. The Bertz CT molecular complexity index is 1160. The van der Waals surface area contributed by atoms with E-state index in [0.717, 1.165) is 55.9 Å². The number of piperazine rings is 1. The number of aryl methyl sites for hydroxylation is 1. The third kappa shape index (κ3) is 4.64. The summed E-state index contributed by atoms with van der Waals surface area (Å²) in [5, 5.41) is 6.40. The van der Waals surface area contributed by atoms with Gasteiger partial charge in [0, 0.05) is 50.8 Å². The van der Waals surface area contributed by atoms with E-state index in [2.05, 4.69) is 45.2 Å². The van der Waals surface area contributed by atoms with Crippen molar-refractivity contribution in [3.05, 3.63) is 63.4 Å². The molecule has 0 amide bonds. The van der Waals surface area contributed by atoms with Crippen LogP contribution in [0.15, 0.2) is 52.2 Å². The lowest BCUT2D eigenvalue weighted by Gasteiger charge is -2.36.